The minimum absolute atomic E-state index is 0.0376. The zero-order valence-electron chi connectivity index (χ0n) is 9.14. The van der Waals surface area contributed by atoms with Crippen molar-refractivity contribution in [2.45, 2.75) is 6.92 Å². The SMILES string of the molecule is CC(=O)/C=C/c1cc2ccc(=O)oc2cc1O. The molecular formula is C13H10O4. The fraction of sp³-hybridized carbons (Fsp3) is 0.0769. The molecule has 1 heterocycles. The van der Waals surface area contributed by atoms with Crippen LogP contribution in [0.1, 0.15) is 12.5 Å². The summed E-state index contributed by atoms with van der Waals surface area (Å²) in [5, 5.41) is 10.4. The summed E-state index contributed by atoms with van der Waals surface area (Å²) in [7, 11) is 0. The summed E-state index contributed by atoms with van der Waals surface area (Å²) in [6, 6.07) is 5.91. The molecule has 2 aromatic rings. The number of hydrogen-bond donors (Lipinski definition) is 1. The topological polar surface area (TPSA) is 67.5 Å². The number of carbonyl (C=O) groups excluding carboxylic acids is 1. The Kier molecular flexibility index (Phi) is 2.78. The fourth-order valence-corrected chi connectivity index (χ4v) is 1.46. The molecule has 4 nitrogen and oxygen atoms in total. The monoisotopic (exact) mass is 230 g/mol. The van der Waals surface area contributed by atoms with E-state index in [1.807, 2.05) is 0 Å². The van der Waals surface area contributed by atoms with Crippen molar-refractivity contribution in [3.8, 4) is 5.75 Å². The molecule has 0 radical (unpaired) electrons. The first kappa shape index (κ1) is 11.1. The zero-order valence-corrected chi connectivity index (χ0v) is 9.14. The molecule has 0 unspecified atom stereocenters. The Morgan fingerprint density at radius 3 is 2.82 bits per heavy atom. The summed E-state index contributed by atoms with van der Waals surface area (Å²) in [6.45, 7) is 1.42. The lowest BCUT2D eigenvalue weighted by Gasteiger charge is -2.01. The summed E-state index contributed by atoms with van der Waals surface area (Å²) in [5.74, 6) is -0.145. The third-order valence-corrected chi connectivity index (χ3v) is 2.27. The Hall–Kier alpha value is -2.36. The maximum Gasteiger partial charge on any atom is 0.336 e. The molecule has 0 saturated heterocycles. The molecule has 0 aliphatic rings. The lowest BCUT2D eigenvalue weighted by Crippen LogP contribution is -1.94. The normalized spacial score (nSPS) is 11.1. The van der Waals surface area contributed by atoms with Crippen LogP contribution in [-0.2, 0) is 4.79 Å². The summed E-state index contributed by atoms with van der Waals surface area (Å²) in [5.41, 5.74) is 0.348. The molecule has 2 rings (SSSR count). The Labute approximate surface area is 96.8 Å². The van der Waals surface area contributed by atoms with Gasteiger partial charge in [-0.05, 0) is 31.2 Å². The highest BCUT2D eigenvalue weighted by Crippen LogP contribution is 2.25. The predicted molar refractivity (Wildman–Crippen MR) is 63.9 cm³/mol. The first-order chi connectivity index (χ1) is 8.06. The molecule has 1 aromatic heterocycles. The highest BCUT2D eigenvalue weighted by atomic mass is 16.4. The number of phenols is 1. The van der Waals surface area contributed by atoms with E-state index in [0.29, 0.717) is 16.5 Å². The number of carbonyl (C=O) groups is 1. The quantitative estimate of drug-likeness (QED) is 0.633. The van der Waals surface area contributed by atoms with Crippen molar-refractivity contribution in [1.82, 2.24) is 0 Å². The third kappa shape index (κ3) is 2.42. The van der Waals surface area contributed by atoms with Crippen LogP contribution in [0.15, 0.2) is 39.6 Å². The van der Waals surface area contributed by atoms with Gasteiger partial charge in [0.25, 0.3) is 0 Å². The van der Waals surface area contributed by atoms with Crippen LogP contribution in [0.25, 0.3) is 17.0 Å². The maximum absolute atomic E-state index is 11.0. The molecule has 17 heavy (non-hydrogen) atoms. The van der Waals surface area contributed by atoms with Gasteiger partial charge in [0.15, 0.2) is 5.78 Å². The smallest absolute Gasteiger partial charge is 0.336 e. The number of hydrogen-bond acceptors (Lipinski definition) is 4. The summed E-state index contributed by atoms with van der Waals surface area (Å²) >= 11 is 0. The lowest BCUT2D eigenvalue weighted by molar-refractivity contribution is -0.112. The van der Waals surface area contributed by atoms with Crippen molar-refractivity contribution < 1.29 is 14.3 Å². The first-order valence-corrected chi connectivity index (χ1v) is 5.02. The number of benzene rings is 1. The van der Waals surface area contributed by atoms with Crippen LogP contribution in [0.2, 0.25) is 0 Å². The first-order valence-electron chi connectivity index (χ1n) is 5.02. The molecule has 0 amide bonds. The fourth-order valence-electron chi connectivity index (χ4n) is 1.46. The predicted octanol–water partition coefficient (Wildman–Crippen LogP) is 2.10. The minimum atomic E-state index is -0.469. The average Bonchev–Trinajstić information content (AvgIpc) is 2.26. The molecule has 86 valence electrons. The number of phenolic OH excluding ortho intramolecular Hbond substituents is 1. The Morgan fingerprint density at radius 2 is 2.12 bits per heavy atom. The standard InChI is InChI=1S/C13H10O4/c1-8(14)2-3-9-6-10-4-5-13(16)17-12(10)7-11(9)15/h2-7,15H,1H3/b3-2+. The van der Waals surface area contributed by atoms with Gasteiger partial charge in [0.05, 0.1) is 0 Å². The van der Waals surface area contributed by atoms with E-state index in [9.17, 15) is 14.7 Å². The van der Waals surface area contributed by atoms with Crippen molar-refractivity contribution in [2.24, 2.45) is 0 Å². The van der Waals surface area contributed by atoms with Gasteiger partial charge in [-0.3, -0.25) is 4.79 Å². The summed E-state index contributed by atoms with van der Waals surface area (Å²) < 4.78 is 4.92. The van der Waals surface area contributed by atoms with Gasteiger partial charge >= 0.3 is 5.63 Å². The number of rotatable bonds is 2. The Bertz CT molecular complexity index is 665. The molecule has 0 saturated carbocycles. The van der Waals surface area contributed by atoms with E-state index in [1.54, 1.807) is 12.1 Å². The van der Waals surface area contributed by atoms with Crippen molar-refractivity contribution >= 4 is 22.8 Å². The summed E-state index contributed by atoms with van der Waals surface area (Å²) in [6.07, 6.45) is 2.88. The molecule has 0 aliphatic heterocycles. The van der Waals surface area contributed by atoms with Gasteiger partial charge in [-0.1, -0.05) is 0 Å². The Balaban J connectivity index is 2.59. The lowest BCUT2D eigenvalue weighted by atomic mass is 10.1. The van der Waals surface area contributed by atoms with Gasteiger partial charge in [-0.2, -0.15) is 0 Å². The molecule has 1 N–H and O–H groups in total. The van der Waals surface area contributed by atoms with Crippen LogP contribution >= 0.6 is 0 Å². The number of allylic oxidation sites excluding steroid dienone is 1. The minimum Gasteiger partial charge on any atom is -0.507 e. The van der Waals surface area contributed by atoms with Crippen molar-refractivity contribution in [3.63, 3.8) is 0 Å². The van der Waals surface area contributed by atoms with E-state index in [2.05, 4.69) is 0 Å². The van der Waals surface area contributed by atoms with E-state index in [4.69, 9.17) is 4.42 Å². The van der Waals surface area contributed by atoms with Crippen LogP contribution in [-0.4, -0.2) is 10.9 Å². The van der Waals surface area contributed by atoms with Crippen LogP contribution in [0.5, 0.6) is 5.75 Å². The van der Waals surface area contributed by atoms with Gasteiger partial charge < -0.3 is 9.52 Å². The largest absolute Gasteiger partial charge is 0.507 e. The van der Waals surface area contributed by atoms with E-state index >= 15 is 0 Å². The molecule has 0 fully saturated rings. The third-order valence-electron chi connectivity index (χ3n) is 2.27. The average molecular weight is 230 g/mol. The van der Waals surface area contributed by atoms with Gasteiger partial charge in [0.2, 0.25) is 0 Å². The van der Waals surface area contributed by atoms with Crippen molar-refractivity contribution in [3.05, 3.63) is 46.3 Å². The van der Waals surface area contributed by atoms with Crippen LogP contribution < -0.4 is 5.63 Å². The molecule has 0 atom stereocenters. The van der Waals surface area contributed by atoms with Gasteiger partial charge in [-0.25, -0.2) is 4.79 Å². The highest BCUT2D eigenvalue weighted by molar-refractivity contribution is 5.93. The van der Waals surface area contributed by atoms with Gasteiger partial charge in [-0.15, -0.1) is 0 Å². The Morgan fingerprint density at radius 1 is 1.35 bits per heavy atom. The van der Waals surface area contributed by atoms with E-state index in [0.717, 1.165) is 0 Å². The van der Waals surface area contributed by atoms with E-state index < -0.39 is 5.63 Å². The van der Waals surface area contributed by atoms with Gasteiger partial charge in [0, 0.05) is 23.1 Å². The zero-order chi connectivity index (χ0) is 12.4. The van der Waals surface area contributed by atoms with E-state index in [-0.39, 0.29) is 11.5 Å². The molecule has 4 heteroatoms. The van der Waals surface area contributed by atoms with E-state index in [1.165, 1.54) is 31.2 Å². The van der Waals surface area contributed by atoms with Crippen molar-refractivity contribution in [2.75, 3.05) is 0 Å². The van der Waals surface area contributed by atoms with Crippen LogP contribution in [0.3, 0.4) is 0 Å². The van der Waals surface area contributed by atoms with Crippen LogP contribution in [0, 0.1) is 0 Å². The van der Waals surface area contributed by atoms with Crippen LogP contribution in [0.4, 0.5) is 0 Å². The second kappa shape index (κ2) is 4.25. The van der Waals surface area contributed by atoms with Gasteiger partial charge in [0.1, 0.15) is 11.3 Å². The second-order valence-electron chi connectivity index (χ2n) is 3.65. The second-order valence-corrected chi connectivity index (χ2v) is 3.65. The van der Waals surface area contributed by atoms with Crippen molar-refractivity contribution in [1.29, 1.82) is 0 Å². The molecule has 1 aromatic carbocycles. The molecular weight excluding hydrogens is 220 g/mol. The number of aromatic hydroxyl groups is 1. The molecule has 0 bridgehead atoms. The highest BCUT2D eigenvalue weighted by Gasteiger charge is 2.03. The number of fused-ring (bicyclic) bond motifs is 1. The number of ketones is 1. The molecule has 0 spiro atoms. The maximum atomic E-state index is 11.0. The molecule has 0 aliphatic carbocycles. The summed E-state index contributed by atoms with van der Waals surface area (Å²) in [4.78, 5) is 21.8.